The summed E-state index contributed by atoms with van der Waals surface area (Å²) in [6.45, 7) is 0. The number of fused-ring (bicyclic) bond motifs is 1. The highest BCUT2D eigenvalue weighted by Gasteiger charge is 2.44. The molecule has 2 aromatic heterocycles. The third kappa shape index (κ3) is 4.59. The first-order chi connectivity index (χ1) is 16.9. The van der Waals surface area contributed by atoms with Crippen molar-refractivity contribution in [1.82, 2.24) is 14.3 Å². The maximum Gasteiger partial charge on any atom is 0.258 e. The van der Waals surface area contributed by atoms with Crippen molar-refractivity contribution >= 4 is 20.6 Å². The van der Waals surface area contributed by atoms with Crippen LogP contribution in [0.25, 0.3) is 33.0 Å². The molecular formula is C27H27F2N3O3S. The molecule has 0 atom stereocenters. The Morgan fingerprint density at radius 1 is 1.00 bits per heavy atom. The smallest absolute Gasteiger partial charge is 0.258 e. The van der Waals surface area contributed by atoms with Gasteiger partial charge in [0.2, 0.25) is 5.92 Å². The lowest BCUT2D eigenvalue weighted by atomic mass is 9.77. The number of sulfone groups is 1. The van der Waals surface area contributed by atoms with E-state index in [1.807, 2.05) is 25.4 Å². The van der Waals surface area contributed by atoms with Gasteiger partial charge in [-0.2, -0.15) is 5.10 Å². The maximum absolute atomic E-state index is 13.4. The molecule has 2 aromatic carbocycles. The summed E-state index contributed by atoms with van der Waals surface area (Å²) in [5.74, 6) is -2.64. The Hall–Kier alpha value is -3.33. The summed E-state index contributed by atoms with van der Waals surface area (Å²) in [5.41, 5.74) is 3.88. The van der Waals surface area contributed by atoms with Gasteiger partial charge in [-0.05, 0) is 65.1 Å². The summed E-state index contributed by atoms with van der Waals surface area (Å²) < 4.78 is 54.7. The zero-order valence-corrected chi connectivity index (χ0v) is 21.1. The van der Waals surface area contributed by atoms with E-state index < -0.39 is 15.8 Å². The molecular weight excluding hydrogens is 484 g/mol. The van der Waals surface area contributed by atoms with Crippen molar-refractivity contribution in [2.75, 3.05) is 6.26 Å². The van der Waals surface area contributed by atoms with E-state index in [2.05, 4.69) is 5.10 Å². The van der Waals surface area contributed by atoms with Crippen LogP contribution in [0.4, 0.5) is 8.78 Å². The summed E-state index contributed by atoms with van der Waals surface area (Å²) >= 11 is 0. The first kappa shape index (κ1) is 24.4. The standard InChI is InChI=1S/C27H27F2N3O3S/c1-31-16-25(24-10-19(7-9-22(24)26(31)33)20-14-30-32(2)15-20)23-11-21(36(3,34)35)8-6-18(23)5-4-17-12-27(28,29)13-17/h6-11,14-17H,4-5,12-13H2,1-3H3. The van der Waals surface area contributed by atoms with Gasteiger partial charge in [-0.1, -0.05) is 12.1 Å². The second-order valence-corrected chi connectivity index (χ2v) is 11.9. The zero-order chi connectivity index (χ0) is 25.8. The normalized spacial score (nSPS) is 15.8. The Bertz CT molecular complexity index is 1650. The first-order valence-corrected chi connectivity index (χ1v) is 13.6. The molecule has 1 fully saturated rings. The van der Waals surface area contributed by atoms with Gasteiger partial charge >= 0.3 is 0 Å². The third-order valence-corrected chi connectivity index (χ3v) is 8.13. The molecule has 0 spiro atoms. The van der Waals surface area contributed by atoms with Crippen LogP contribution >= 0.6 is 0 Å². The lowest BCUT2D eigenvalue weighted by Crippen LogP contribution is -2.35. The number of alkyl halides is 2. The van der Waals surface area contributed by atoms with Crippen molar-refractivity contribution in [3.8, 4) is 22.3 Å². The number of benzene rings is 2. The molecule has 36 heavy (non-hydrogen) atoms. The predicted octanol–water partition coefficient (Wildman–Crippen LogP) is 4.99. The highest BCUT2D eigenvalue weighted by atomic mass is 32.2. The lowest BCUT2D eigenvalue weighted by Gasteiger charge is -2.35. The zero-order valence-electron chi connectivity index (χ0n) is 20.3. The number of pyridine rings is 1. The van der Waals surface area contributed by atoms with E-state index in [1.165, 1.54) is 4.57 Å². The van der Waals surface area contributed by atoms with E-state index in [4.69, 9.17) is 0 Å². The summed E-state index contributed by atoms with van der Waals surface area (Å²) in [7, 11) is 0.000649. The number of nitrogens with zero attached hydrogens (tertiary/aromatic N) is 3. The average Bonchev–Trinajstić information content (AvgIpc) is 3.24. The fraction of sp³-hybridized carbons (Fsp3) is 0.333. The molecule has 0 bridgehead atoms. The SMILES string of the molecule is Cn1cc(-c2ccc3c(=O)n(C)cc(-c4cc(S(C)(=O)=O)ccc4CCC4CC(F)(F)C4)c3c2)cn1. The van der Waals surface area contributed by atoms with Gasteiger partial charge in [0.15, 0.2) is 9.84 Å². The van der Waals surface area contributed by atoms with Gasteiger partial charge in [-0.15, -0.1) is 0 Å². The number of aromatic nitrogens is 3. The molecule has 9 heteroatoms. The monoisotopic (exact) mass is 511 g/mol. The predicted molar refractivity (Wildman–Crippen MR) is 136 cm³/mol. The van der Waals surface area contributed by atoms with Gasteiger partial charge in [0.05, 0.1) is 11.1 Å². The molecule has 0 aliphatic heterocycles. The van der Waals surface area contributed by atoms with Gasteiger partial charge in [0.25, 0.3) is 5.56 Å². The van der Waals surface area contributed by atoms with Crippen molar-refractivity contribution in [2.45, 2.75) is 36.5 Å². The van der Waals surface area contributed by atoms with E-state index >= 15 is 0 Å². The topological polar surface area (TPSA) is 74.0 Å². The molecule has 188 valence electrons. The number of hydrogen-bond acceptors (Lipinski definition) is 4. The fourth-order valence-electron chi connectivity index (χ4n) is 5.03. The average molecular weight is 512 g/mol. The van der Waals surface area contributed by atoms with Crippen LogP contribution in [0.2, 0.25) is 0 Å². The van der Waals surface area contributed by atoms with Crippen LogP contribution in [0.15, 0.2) is 64.7 Å². The molecule has 5 rings (SSSR count). The molecule has 1 aliphatic carbocycles. The van der Waals surface area contributed by atoms with Crippen LogP contribution in [0.3, 0.4) is 0 Å². The van der Waals surface area contributed by atoms with Crippen LogP contribution in [0.5, 0.6) is 0 Å². The largest absolute Gasteiger partial charge is 0.317 e. The van der Waals surface area contributed by atoms with E-state index in [0.717, 1.165) is 28.5 Å². The highest BCUT2D eigenvalue weighted by Crippen LogP contribution is 2.45. The summed E-state index contributed by atoms with van der Waals surface area (Å²) in [6, 6.07) is 10.5. The fourth-order valence-corrected chi connectivity index (χ4v) is 5.68. The number of hydrogen-bond donors (Lipinski definition) is 0. The second-order valence-electron chi connectivity index (χ2n) is 9.88. The van der Waals surface area contributed by atoms with Crippen LogP contribution in [-0.2, 0) is 30.4 Å². The molecule has 0 radical (unpaired) electrons. The maximum atomic E-state index is 13.4. The minimum atomic E-state index is -3.49. The van der Waals surface area contributed by atoms with Gasteiger partial charge in [-0.3, -0.25) is 9.48 Å². The minimum absolute atomic E-state index is 0.0588. The van der Waals surface area contributed by atoms with Crippen molar-refractivity contribution in [2.24, 2.45) is 20.0 Å². The van der Waals surface area contributed by atoms with Gasteiger partial charge < -0.3 is 4.57 Å². The third-order valence-electron chi connectivity index (χ3n) is 7.02. The van der Waals surface area contributed by atoms with Crippen LogP contribution < -0.4 is 5.56 Å². The molecule has 0 N–H and O–H groups in total. The van der Waals surface area contributed by atoms with Crippen molar-refractivity contribution < 1.29 is 17.2 Å². The molecule has 4 aromatic rings. The van der Waals surface area contributed by atoms with E-state index in [-0.39, 0.29) is 29.2 Å². The van der Waals surface area contributed by atoms with E-state index in [0.29, 0.717) is 29.2 Å². The Morgan fingerprint density at radius 3 is 2.39 bits per heavy atom. The molecule has 1 saturated carbocycles. The van der Waals surface area contributed by atoms with Crippen molar-refractivity contribution in [3.63, 3.8) is 0 Å². The quantitative estimate of drug-likeness (QED) is 0.366. The van der Waals surface area contributed by atoms with E-state index in [9.17, 15) is 22.0 Å². The Kier molecular flexibility index (Phi) is 5.86. The molecule has 0 amide bonds. The van der Waals surface area contributed by atoms with Crippen molar-refractivity contribution in [3.05, 3.63) is 70.9 Å². The number of halogens is 2. The Morgan fingerprint density at radius 2 is 1.75 bits per heavy atom. The summed E-state index contributed by atoms with van der Waals surface area (Å²) in [4.78, 5) is 13.1. The highest BCUT2D eigenvalue weighted by molar-refractivity contribution is 7.90. The van der Waals surface area contributed by atoms with Crippen LogP contribution in [-0.4, -0.2) is 34.9 Å². The van der Waals surface area contributed by atoms with E-state index in [1.54, 1.807) is 48.4 Å². The molecule has 2 heterocycles. The van der Waals surface area contributed by atoms with Gasteiger partial charge in [0.1, 0.15) is 0 Å². The molecule has 1 aliphatic rings. The first-order valence-electron chi connectivity index (χ1n) is 11.7. The summed E-state index contributed by atoms with van der Waals surface area (Å²) in [5, 5.41) is 5.44. The minimum Gasteiger partial charge on any atom is -0.317 e. The van der Waals surface area contributed by atoms with Crippen LogP contribution in [0, 0.1) is 5.92 Å². The molecule has 0 unspecified atom stereocenters. The van der Waals surface area contributed by atoms with Crippen LogP contribution in [0.1, 0.15) is 24.8 Å². The Balaban J connectivity index is 1.68. The second kappa shape index (κ2) is 8.65. The number of aryl methyl sites for hydroxylation is 3. The number of rotatable bonds is 6. The summed E-state index contributed by atoms with van der Waals surface area (Å²) in [6.07, 6.45) is 7.40. The van der Waals surface area contributed by atoms with Gasteiger partial charge in [-0.25, -0.2) is 17.2 Å². The van der Waals surface area contributed by atoms with Crippen molar-refractivity contribution in [1.29, 1.82) is 0 Å². The molecule has 6 nitrogen and oxygen atoms in total. The molecule has 0 saturated heterocycles. The lowest BCUT2D eigenvalue weighted by molar-refractivity contribution is -0.111. The van der Waals surface area contributed by atoms with Gasteiger partial charge in [0, 0.05) is 62.1 Å². The Labute approximate surface area is 208 Å².